The third kappa shape index (κ3) is 3.31. The molecule has 1 aliphatic heterocycles. The second kappa shape index (κ2) is 7.15. The number of hydrogen-bond acceptors (Lipinski definition) is 4. The predicted octanol–water partition coefficient (Wildman–Crippen LogP) is 5.68. The smallest absolute Gasteiger partial charge is 0.159 e. The van der Waals surface area contributed by atoms with Crippen LogP contribution in [-0.2, 0) is 19.5 Å². The Hall–Kier alpha value is -2.08. The molecule has 4 aromatic rings. The van der Waals surface area contributed by atoms with Gasteiger partial charge in [-0.05, 0) is 34.0 Å². The van der Waals surface area contributed by atoms with Gasteiger partial charge in [0.05, 0.1) is 5.69 Å². The zero-order valence-corrected chi connectivity index (χ0v) is 17.1. The van der Waals surface area contributed by atoms with E-state index in [1.807, 2.05) is 35.7 Å². The summed E-state index contributed by atoms with van der Waals surface area (Å²) in [6, 6.07) is 18.8. The highest BCUT2D eigenvalue weighted by Crippen LogP contribution is 2.36. The number of nitrogens with zero attached hydrogens (tertiary/aromatic N) is 3. The van der Waals surface area contributed by atoms with Crippen molar-refractivity contribution < 1.29 is 0 Å². The van der Waals surface area contributed by atoms with Crippen LogP contribution >= 0.6 is 27.3 Å². The van der Waals surface area contributed by atoms with Crippen molar-refractivity contribution in [1.29, 1.82) is 0 Å². The summed E-state index contributed by atoms with van der Waals surface area (Å²) in [7, 11) is 0. The molecule has 1 aliphatic rings. The first-order valence-electron chi connectivity index (χ1n) is 9.06. The van der Waals surface area contributed by atoms with Crippen molar-refractivity contribution in [2.45, 2.75) is 19.5 Å². The molecule has 5 rings (SSSR count). The van der Waals surface area contributed by atoms with E-state index in [4.69, 9.17) is 4.98 Å². The molecule has 0 amide bonds. The van der Waals surface area contributed by atoms with Crippen LogP contribution in [0.2, 0.25) is 0 Å². The molecule has 0 N–H and O–H groups in total. The molecule has 27 heavy (non-hydrogen) atoms. The second-order valence-corrected chi connectivity index (χ2v) is 8.76. The molecule has 0 aliphatic carbocycles. The van der Waals surface area contributed by atoms with Gasteiger partial charge >= 0.3 is 0 Å². The number of halogens is 1. The van der Waals surface area contributed by atoms with Gasteiger partial charge in [-0.1, -0.05) is 48.5 Å². The quantitative estimate of drug-likeness (QED) is 0.414. The maximum absolute atomic E-state index is 4.88. The summed E-state index contributed by atoms with van der Waals surface area (Å²) in [6.45, 7) is 2.87. The summed E-state index contributed by atoms with van der Waals surface area (Å²) in [5.74, 6) is 0.819. The Balaban J connectivity index is 1.41. The van der Waals surface area contributed by atoms with Crippen molar-refractivity contribution in [1.82, 2.24) is 14.9 Å². The lowest BCUT2D eigenvalue weighted by atomic mass is 10.1. The molecule has 5 heteroatoms. The van der Waals surface area contributed by atoms with E-state index in [1.54, 1.807) is 0 Å². The van der Waals surface area contributed by atoms with Gasteiger partial charge < -0.3 is 0 Å². The Labute approximate surface area is 170 Å². The molecule has 3 nitrogen and oxygen atoms in total. The van der Waals surface area contributed by atoms with Crippen LogP contribution in [0.25, 0.3) is 21.5 Å². The number of aromatic nitrogens is 2. The first-order valence-corrected chi connectivity index (χ1v) is 10.7. The largest absolute Gasteiger partial charge is 0.292 e. The first-order chi connectivity index (χ1) is 13.3. The van der Waals surface area contributed by atoms with E-state index in [9.17, 15) is 0 Å². The lowest BCUT2D eigenvalue weighted by molar-refractivity contribution is 0.243. The maximum atomic E-state index is 4.88. The van der Waals surface area contributed by atoms with E-state index >= 15 is 0 Å². The van der Waals surface area contributed by atoms with E-state index < -0.39 is 0 Å². The molecule has 2 aromatic heterocycles. The normalized spacial score (nSPS) is 14.4. The molecule has 0 fully saturated rings. The molecule has 134 valence electrons. The Bertz CT molecular complexity index is 1110. The average Bonchev–Trinajstić information content (AvgIpc) is 3.04. The van der Waals surface area contributed by atoms with Crippen LogP contribution in [0, 0.1) is 0 Å². The summed E-state index contributed by atoms with van der Waals surface area (Å²) in [5, 5.41) is 1.31. The molecule has 0 spiro atoms. The third-order valence-electron chi connectivity index (χ3n) is 5.03. The van der Waals surface area contributed by atoms with Crippen molar-refractivity contribution in [3.63, 3.8) is 0 Å². The van der Waals surface area contributed by atoms with Crippen LogP contribution < -0.4 is 0 Å². The van der Waals surface area contributed by atoms with Crippen molar-refractivity contribution in [3.05, 3.63) is 81.4 Å². The summed E-state index contributed by atoms with van der Waals surface area (Å²) >= 11 is 5.69. The molecule has 0 saturated heterocycles. The zero-order valence-electron chi connectivity index (χ0n) is 14.7. The Morgan fingerprint density at radius 1 is 1.04 bits per heavy atom. The van der Waals surface area contributed by atoms with Gasteiger partial charge in [0.25, 0.3) is 0 Å². The van der Waals surface area contributed by atoms with Gasteiger partial charge in [-0.2, -0.15) is 0 Å². The lowest BCUT2D eigenvalue weighted by Crippen LogP contribution is -2.30. The summed E-state index contributed by atoms with van der Waals surface area (Å²) < 4.78 is 2.58. The number of thiophene rings is 1. The molecule has 0 unspecified atom stereocenters. The van der Waals surface area contributed by atoms with Crippen LogP contribution in [0.4, 0.5) is 0 Å². The third-order valence-corrected chi connectivity index (χ3v) is 7.35. The summed E-state index contributed by atoms with van der Waals surface area (Å²) in [4.78, 5) is 13.3. The van der Waals surface area contributed by atoms with Gasteiger partial charge in [0, 0.05) is 50.8 Å². The number of fused-ring (bicyclic) bond motifs is 2. The summed E-state index contributed by atoms with van der Waals surface area (Å²) in [6.07, 6.45) is 3.02. The first kappa shape index (κ1) is 17.0. The van der Waals surface area contributed by atoms with Gasteiger partial charge in [-0.25, -0.2) is 9.97 Å². The van der Waals surface area contributed by atoms with Crippen molar-refractivity contribution in [2.24, 2.45) is 0 Å². The maximum Gasteiger partial charge on any atom is 0.159 e. The van der Waals surface area contributed by atoms with Crippen molar-refractivity contribution >= 4 is 37.4 Å². The van der Waals surface area contributed by atoms with Gasteiger partial charge in [-0.3, -0.25) is 4.90 Å². The average molecular weight is 436 g/mol. The van der Waals surface area contributed by atoms with Crippen LogP contribution in [-0.4, -0.2) is 21.4 Å². The standard InChI is InChI=1S/C22H18BrN3S/c23-21-17-8-4-5-9-19(17)27-20(21)14-26-11-10-16-12-24-22(25-18(16)13-26)15-6-2-1-3-7-15/h1-9,12H,10-11,13-14H2. The fourth-order valence-electron chi connectivity index (χ4n) is 3.59. The van der Waals surface area contributed by atoms with E-state index in [2.05, 4.69) is 62.2 Å². The molecule has 0 atom stereocenters. The van der Waals surface area contributed by atoms with E-state index in [-0.39, 0.29) is 0 Å². The molecule has 2 aromatic carbocycles. The zero-order chi connectivity index (χ0) is 18.2. The minimum atomic E-state index is 0.819. The molecule has 0 radical (unpaired) electrons. The van der Waals surface area contributed by atoms with E-state index in [0.717, 1.165) is 43.1 Å². The monoisotopic (exact) mass is 435 g/mol. The van der Waals surface area contributed by atoms with Crippen LogP contribution in [0.15, 0.2) is 65.3 Å². The fourth-order valence-corrected chi connectivity index (χ4v) is 5.57. The Morgan fingerprint density at radius 2 is 1.85 bits per heavy atom. The second-order valence-electron chi connectivity index (χ2n) is 6.83. The van der Waals surface area contributed by atoms with Gasteiger partial charge in [-0.15, -0.1) is 11.3 Å². The Kier molecular flexibility index (Phi) is 4.52. The summed E-state index contributed by atoms with van der Waals surface area (Å²) in [5.41, 5.74) is 3.51. The fraction of sp³-hybridized carbons (Fsp3) is 0.182. The SMILES string of the molecule is Brc1c(CN2CCc3cnc(-c4ccccc4)nc3C2)sc2ccccc12. The van der Waals surface area contributed by atoms with E-state index in [1.165, 1.54) is 25.0 Å². The van der Waals surface area contributed by atoms with Crippen LogP contribution in [0.5, 0.6) is 0 Å². The molecule has 0 saturated carbocycles. The highest BCUT2D eigenvalue weighted by molar-refractivity contribution is 9.10. The minimum Gasteiger partial charge on any atom is -0.292 e. The van der Waals surface area contributed by atoms with Gasteiger partial charge in [0.2, 0.25) is 0 Å². The molecule has 3 heterocycles. The minimum absolute atomic E-state index is 0.819. The van der Waals surface area contributed by atoms with Gasteiger partial charge in [0.15, 0.2) is 5.82 Å². The Morgan fingerprint density at radius 3 is 2.70 bits per heavy atom. The highest BCUT2D eigenvalue weighted by atomic mass is 79.9. The number of rotatable bonds is 3. The topological polar surface area (TPSA) is 29.0 Å². The van der Waals surface area contributed by atoms with Crippen LogP contribution in [0.3, 0.4) is 0 Å². The van der Waals surface area contributed by atoms with Gasteiger partial charge in [0.1, 0.15) is 0 Å². The van der Waals surface area contributed by atoms with Crippen molar-refractivity contribution in [2.75, 3.05) is 6.54 Å². The van der Waals surface area contributed by atoms with Crippen LogP contribution in [0.1, 0.15) is 16.1 Å². The highest BCUT2D eigenvalue weighted by Gasteiger charge is 2.21. The number of hydrogen-bond donors (Lipinski definition) is 0. The lowest BCUT2D eigenvalue weighted by Gasteiger charge is -2.27. The molecular formula is C22H18BrN3S. The van der Waals surface area contributed by atoms with Crippen molar-refractivity contribution in [3.8, 4) is 11.4 Å². The number of benzene rings is 2. The predicted molar refractivity (Wildman–Crippen MR) is 115 cm³/mol. The molecular weight excluding hydrogens is 418 g/mol. The molecule has 0 bridgehead atoms. The van der Waals surface area contributed by atoms with E-state index in [0.29, 0.717) is 0 Å².